The number of fused-ring (bicyclic) bond motifs is 2. The van der Waals surface area contributed by atoms with Crippen LogP contribution in [-0.4, -0.2) is 0 Å². The lowest BCUT2D eigenvalue weighted by molar-refractivity contribution is 0.659. The highest BCUT2D eigenvalue weighted by atomic mass is 35.7. The summed E-state index contributed by atoms with van der Waals surface area (Å²) in [4.78, 5) is 13.1. The van der Waals surface area contributed by atoms with Crippen LogP contribution in [0, 0.1) is 0 Å². The predicted octanol–water partition coefficient (Wildman–Crippen LogP) is 5.88. The molecule has 1 heterocycles. The highest BCUT2D eigenvalue weighted by Crippen LogP contribution is 2.26. The molecule has 0 aliphatic carbocycles. The molecule has 0 atom stereocenters. The van der Waals surface area contributed by atoms with E-state index in [1.807, 2.05) is 54.6 Å². The van der Waals surface area contributed by atoms with Gasteiger partial charge in [0.05, 0.1) is 10.8 Å². The zero-order valence-corrected chi connectivity index (χ0v) is 13.7. The van der Waals surface area contributed by atoms with Gasteiger partial charge < -0.3 is 4.42 Å². The van der Waals surface area contributed by atoms with Gasteiger partial charge in [0.15, 0.2) is 0 Å². The molecule has 0 N–H and O–H groups in total. The lowest BCUT2D eigenvalue weighted by Gasteiger charge is -2.01. The molecule has 4 rings (SSSR count). The minimum Gasteiger partial charge on any atom is -0.456 e. The number of benzene rings is 3. The molecule has 0 aliphatic heterocycles. The van der Waals surface area contributed by atoms with Crippen LogP contribution < -0.4 is 5.43 Å². The topological polar surface area (TPSA) is 30.2 Å². The summed E-state index contributed by atoms with van der Waals surface area (Å²) < 4.78 is 5.67. The molecule has 0 aliphatic rings. The third-order valence-electron chi connectivity index (χ3n) is 3.30. The van der Waals surface area contributed by atoms with Gasteiger partial charge in [0.2, 0.25) is 5.43 Å². The standard InChI is InChI=1S/C13H7ClO2S.C6H6/c14-17-8-5-6-12-10(7-8)13(15)9-3-1-2-4-11(9)16-12;1-2-4-6-5-3-1/h1-7H;1-6H. The number of hydrogen-bond donors (Lipinski definition) is 0. The van der Waals surface area contributed by atoms with E-state index in [1.165, 1.54) is 0 Å². The summed E-state index contributed by atoms with van der Waals surface area (Å²) in [5.74, 6) is 0. The Morgan fingerprint density at radius 3 is 2.00 bits per heavy atom. The van der Waals surface area contributed by atoms with Crippen LogP contribution in [0.2, 0.25) is 0 Å². The van der Waals surface area contributed by atoms with Gasteiger partial charge >= 0.3 is 0 Å². The number of hydrogen-bond acceptors (Lipinski definition) is 3. The maximum atomic E-state index is 12.2. The molecule has 4 aromatic rings. The fourth-order valence-corrected chi connectivity index (χ4v) is 2.79. The van der Waals surface area contributed by atoms with Crippen molar-refractivity contribution in [1.29, 1.82) is 0 Å². The van der Waals surface area contributed by atoms with E-state index in [1.54, 1.807) is 24.3 Å². The quantitative estimate of drug-likeness (QED) is 0.405. The van der Waals surface area contributed by atoms with E-state index in [9.17, 15) is 4.79 Å². The first-order chi connectivity index (χ1) is 11.3. The normalized spacial score (nSPS) is 10.3. The van der Waals surface area contributed by atoms with Crippen LogP contribution in [0.25, 0.3) is 21.9 Å². The summed E-state index contributed by atoms with van der Waals surface area (Å²) in [5.41, 5.74) is 1.17. The monoisotopic (exact) mass is 340 g/mol. The summed E-state index contributed by atoms with van der Waals surface area (Å²) in [5, 5.41) is 1.16. The smallest absolute Gasteiger partial charge is 0.200 e. The third-order valence-corrected chi connectivity index (χ3v) is 4.27. The molecular formula is C19H13ClO2S. The molecule has 4 heteroatoms. The van der Waals surface area contributed by atoms with Crippen molar-refractivity contribution in [2.45, 2.75) is 4.90 Å². The van der Waals surface area contributed by atoms with Crippen LogP contribution >= 0.6 is 21.7 Å². The van der Waals surface area contributed by atoms with Gasteiger partial charge in [-0.25, -0.2) is 0 Å². The van der Waals surface area contributed by atoms with Crippen molar-refractivity contribution in [1.82, 2.24) is 0 Å². The van der Waals surface area contributed by atoms with E-state index in [0.717, 1.165) is 15.9 Å². The molecule has 0 bridgehead atoms. The Bertz CT molecular complexity index is 954. The van der Waals surface area contributed by atoms with Crippen molar-refractivity contribution in [2.24, 2.45) is 0 Å². The average Bonchev–Trinajstić information content (AvgIpc) is 2.64. The molecule has 0 saturated carbocycles. The summed E-state index contributed by atoms with van der Waals surface area (Å²) >= 11 is 0. The molecule has 0 amide bonds. The van der Waals surface area contributed by atoms with Gasteiger partial charge in [0.1, 0.15) is 11.2 Å². The van der Waals surface area contributed by atoms with E-state index < -0.39 is 0 Å². The lowest BCUT2D eigenvalue weighted by Crippen LogP contribution is -2.01. The first-order valence-electron chi connectivity index (χ1n) is 7.04. The molecular weight excluding hydrogens is 328 g/mol. The highest BCUT2D eigenvalue weighted by Gasteiger charge is 2.07. The van der Waals surface area contributed by atoms with Crippen molar-refractivity contribution in [3.05, 3.63) is 89.1 Å². The van der Waals surface area contributed by atoms with Gasteiger partial charge in [-0.1, -0.05) is 48.5 Å². The Labute approximate surface area is 142 Å². The van der Waals surface area contributed by atoms with Crippen LogP contribution in [0.4, 0.5) is 0 Å². The van der Waals surface area contributed by atoms with Crippen molar-refractivity contribution in [3.63, 3.8) is 0 Å². The molecule has 0 spiro atoms. The zero-order valence-electron chi connectivity index (χ0n) is 12.1. The van der Waals surface area contributed by atoms with Gasteiger partial charge in [-0.3, -0.25) is 4.79 Å². The lowest BCUT2D eigenvalue weighted by atomic mass is 10.1. The second-order valence-corrected chi connectivity index (χ2v) is 5.91. The van der Waals surface area contributed by atoms with Crippen LogP contribution in [-0.2, 0) is 0 Å². The average molecular weight is 341 g/mol. The van der Waals surface area contributed by atoms with Crippen molar-refractivity contribution >= 4 is 43.6 Å². The van der Waals surface area contributed by atoms with Gasteiger partial charge in [-0.05, 0) is 52.0 Å². The molecule has 2 nitrogen and oxygen atoms in total. The van der Waals surface area contributed by atoms with Crippen LogP contribution in [0.3, 0.4) is 0 Å². The molecule has 0 fully saturated rings. The summed E-state index contributed by atoms with van der Waals surface area (Å²) in [6, 6.07) is 24.6. The van der Waals surface area contributed by atoms with E-state index in [0.29, 0.717) is 21.9 Å². The zero-order chi connectivity index (χ0) is 16.1. The first kappa shape index (κ1) is 15.7. The molecule has 0 unspecified atom stereocenters. The second-order valence-electron chi connectivity index (χ2n) is 4.82. The summed E-state index contributed by atoms with van der Waals surface area (Å²) in [6.07, 6.45) is 0. The van der Waals surface area contributed by atoms with E-state index in [4.69, 9.17) is 15.1 Å². The fourth-order valence-electron chi connectivity index (χ4n) is 2.22. The van der Waals surface area contributed by atoms with Crippen molar-refractivity contribution in [2.75, 3.05) is 0 Å². The minimum absolute atomic E-state index is 0.0191. The number of para-hydroxylation sites is 1. The van der Waals surface area contributed by atoms with Gasteiger partial charge in [0.25, 0.3) is 0 Å². The molecule has 114 valence electrons. The first-order valence-corrected chi connectivity index (χ1v) is 8.68. The Kier molecular flexibility index (Phi) is 5.01. The Morgan fingerprint density at radius 1 is 0.739 bits per heavy atom. The Balaban J connectivity index is 0.000000220. The largest absolute Gasteiger partial charge is 0.456 e. The SMILES string of the molecule is O=c1c2ccccc2oc2ccc(SCl)cc12.c1ccccc1. The Morgan fingerprint density at radius 2 is 1.35 bits per heavy atom. The second kappa shape index (κ2) is 7.36. The highest BCUT2D eigenvalue weighted by molar-refractivity contribution is 8.21. The molecule has 0 saturated heterocycles. The minimum atomic E-state index is -0.0191. The fraction of sp³-hybridized carbons (Fsp3) is 0. The van der Waals surface area contributed by atoms with E-state index in [2.05, 4.69) is 0 Å². The Hall–Kier alpha value is -2.23. The number of rotatable bonds is 1. The summed E-state index contributed by atoms with van der Waals surface area (Å²) in [6.45, 7) is 0. The van der Waals surface area contributed by atoms with Gasteiger partial charge in [-0.2, -0.15) is 0 Å². The molecule has 23 heavy (non-hydrogen) atoms. The third kappa shape index (κ3) is 3.58. The van der Waals surface area contributed by atoms with E-state index in [-0.39, 0.29) is 5.43 Å². The maximum Gasteiger partial charge on any atom is 0.200 e. The molecule has 0 radical (unpaired) electrons. The summed E-state index contributed by atoms with van der Waals surface area (Å²) in [7, 11) is 6.77. The van der Waals surface area contributed by atoms with Crippen molar-refractivity contribution < 1.29 is 4.42 Å². The van der Waals surface area contributed by atoms with Crippen LogP contribution in [0.15, 0.2) is 93.0 Å². The predicted molar refractivity (Wildman–Crippen MR) is 98.1 cm³/mol. The van der Waals surface area contributed by atoms with E-state index >= 15 is 0 Å². The van der Waals surface area contributed by atoms with Gasteiger partial charge in [-0.15, -0.1) is 0 Å². The maximum absolute atomic E-state index is 12.2. The number of halogens is 1. The van der Waals surface area contributed by atoms with Crippen molar-refractivity contribution in [3.8, 4) is 0 Å². The van der Waals surface area contributed by atoms with Crippen LogP contribution in [0.5, 0.6) is 0 Å². The molecule has 3 aromatic carbocycles. The van der Waals surface area contributed by atoms with Crippen LogP contribution in [0.1, 0.15) is 0 Å². The molecule has 1 aromatic heterocycles. The van der Waals surface area contributed by atoms with Gasteiger partial charge in [0, 0.05) is 4.90 Å².